The minimum atomic E-state index is 0.438. The molecule has 3 nitrogen and oxygen atoms in total. The fourth-order valence-corrected chi connectivity index (χ4v) is 2.19. The van der Waals surface area contributed by atoms with E-state index < -0.39 is 0 Å². The average molecular weight is 271 g/mol. The smallest absolute Gasteiger partial charge is 0.0928 e. The van der Waals surface area contributed by atoms with Gasteiger partial charge in [0.25, 0.3) is 0 Å². The van der Waals surface area contributed by atoms with E-state index in [9.17, 15) is 0 Å². The zero-order valence-electron chi connectivity index (χ0n) is 9.55. The standard InChI is InChI=1S/C12H12Cl2N2O/c1-15-10-5-7(6-17-2)16-12-9(14)4-3-8(13)11(10)12/h3-5H,6H2,1-2H3,(H,15,16). The van der Waals surface area contributed by atoms with Gasteiger partial charge in [-0.15, -0.1) is 0 Å². The second kappa shape index (κ2) is 5.08. The van der Waals surface area contributed by atoms with Gasteiger partial charge in [-0.05, 0) is 18.2 Å². The van der Waals surface area contributed by atoms with Crippen molar-refractivity contribution in [3.05, 3.63) is 33.9 Å². The number of anilines is 1. The Morgan fingerprint density at radius 3 is 2.65 bits per heavy atom. The van der Waals surface area contributed by atoms with Crippen LogP contribution in [0.15, 0.2) is 18.2 Å². The van der Waals surface area contributed by atoms with Gasteiger partial charge in [-0.3, -0.25) is 0 Å². The Bertz CT molecular complexity index is 558. The van der Waals surface area contributed by atoms with Gasteiger partial charge in [-0.1, -0.05) is 23.2 Å². The monoisotopic (exact) mass is 270 g/mol. The number of nitrogens with zero attached hydrogens (tertiary/aromatic N) is 1. The number of ether oxygens (including phenoxy) is 1. The van der Waals surface area contributed by atoms with Gasteiger partial charge in [-0.2, -0.15) is 0 Å². The lowest BCUT2D eigenvalue weighted by Gasteiger charge is -2.11. The van der Waals surface area contributed by atoms with Crippen molar-refractivity contribution in [1.29, 1.82) is 0 Å². The van der Waals surface area contributed by atoms with Gasteiger partial charge in [-0.25, -0.2) is 4.98 Å². The Labute approximate surface area is 110 Å². The van der Waals surface area contributed by atoms with Gasteiger partial charge in [0.15, 0.2) is 0 Å². The van der Waals surface area contributed by atoms with Crippen LogP contribution in [0.4, 0.5) is 5.69 Å². The van der Waals surface area contributed by atoms with Crippen LogP contribution in [-0.4, -0.2) is 19.1 Å². The largest absolute Gasteiger partial charge is 0.387 e. The number of pyridine rings is 1. The number of fused-ring (bicyclic) bond motifs is 1. The summed E-state index contributed by atoms with van der Waals surface area (Å²) >= 11 is 12.3. The lowest BCUT2D eigenvalue weighted by atomic mass is 10.1. The molecule has 0 spiro atoms. The molecule has 0 radical (unpaired) electrons. The van der Waals surface area contributed by atoms with E-state index >= 15 is 0 Å². The van der Waals surface area contributed by atoms with Crippen LogP contribution < -0.4 is 5.32 Å². The third kappa shape index (κ3) is 2.32. The maximum atomic E-state index is 6.17. The highest BCUT2D eigenvalue weighted by atomic mass is 35.5. The lowest BCUT2D eigenvalue weighted by Crippen LogP contribution is -1.98. The van der Waals surface area contributed by atoms with Crippen molar-refractivity contribution in [2.75, 3.05) is 19.5 Å². The fourth-order valence-electron chi connectivity index (χ4n) is 1.74. The summed E-state index contributed by atoms with van der Waals surface area (Å²) in [6.45, 7) is 0.438. The summed E-state index contributed by atoms with van der Waals surface area (Å²) in [5, 5.41) is 5.15. The zero-order chi connectivity index (χ0) is 12.4. The van der Waals surface area contributed by atoms with Gasteiger partial charge in [0, 0.05) is 25.2 Å². The van der Waals surface area contributed by atoms with E-state index in [2.05, 4.69) is 10.3 Å². The molecule has 0 aliphatic rings. The Balaban J connectivity index is 2.77. The molecule has 0 fully saturated rings. The third-order valence-electron chi connectivity index (χ3n) is 2.48. The Kier molecular flexibility index (Phi) is 3.72. The first-order valence-electron chi connectivity index (χ1n) is 5.11. The molecule has 5 heteroatoms. The van der Waals surface area contributed by atoms with E-state index in [1.807, 2.05) is 13.1 Å². The molecule has 0 saturated carbocycles. The van der Waals surface area contributed by atoms with E-state index in [1.165, 1.54) is 0 Å². The summed E-state index contributed by atoms with van der Waals surface area (Å²) in [5.74, 6) is 0. The van der Waals surface area contributed by atoms with Crippen LogP contribution in [0.3, 0.4) is 0 Å². The molecule has 0 saturated heterocycles. The molecule has 0 atom stereocenters. The number of hydrogen-bond acceptors (Lipinski definition) is 3. The highest BCUT2D eigenvalue weighted by molar-refractivity contribution is 6.40. The van der Waals surface area contributed by atoms with E-state index in [0.717, 1.165) is 16.8 Å². The highest BCUT2D eigenvalue weighted by Gasteiger charge is 2.11. The molecule has 0 bridgehead atoms. The minimum Gasteiger partial charge on any atom is -0.387 e. The Morgan fingerprint density at radius 1 is 1.29 bits per heavy atom. The maximum Gasteiger partial charge on any atom is 0.0928 e. The van der Waals surface area contributed by atoms with Crippen LogP contribution in [0.2, 0.25) is 10.0 Å². The Morgan fingerprint density at radius 2 is 2.00 bits per heavy atom. The molecule has 17 heavy (non-hydrogen) atoms. The van der Waals surface area contributed by atoms with E-state index in [1.54, 1.807) is 19.2 Å². The molecular weight excluding hydrogens is 259 g/mol. The zero-order valence-corrected chi connectivity index (χ0v) is 11.1. The van der Waals surface area contributed by atoms with Gasteiger partial charge in [0.05, 0.1) is 27.9 Å². The molecule has 2 aromatic rings. The quantitative estimate of drug-likeness (QED) is 0.923. The summed E-state index contributed by atoms with van der Waals surface area (Å²) in [4.78, 5) is 4.45. The second-order valence-corrected chi connectivity index (χ2v) is 4.41. The fraction of sp³-hybridized carbons (Fsp3) is 0.250. The number of halogens is 2. The van der Waals surface area contributed by atoms with Gasteiger partial charge < -0.3 is 10.1 Å². The van der Waals surface area contributed by atoms with E-state index in [4.69, 9.17) is 27.9 Å². The van der Waals surface area contributed by atoms with Crippen molar-refractivity contribution in [3.63, 3.8) is 0 Å². The summed E-state index contributed by atoms with van der Waals surface area (Å²) in [6, 6.07) is 5.42. The number of hydrogen-bond donors (Lipinski definition) is 1. The molecule has 1 N–H and O–H groups in total. The molecule has 1 heterocycles. The van der Waals surface area contributed by atoms with Gasteiger partial charge in [0.2, 0.25) is 0 Å². The van der Waals surface area contributed by atoms with Crippen molar-refractivity contribution in [3.8, 4) is 0 Å². The SMILES string of the molecule is CNc1cc(COC)nc2c(Cl)ccc(Cl)c12. The highest BCUT2D eigenvalue weighted by Crippen LogP contribution is 2.34. The molecule has 2 rings (SSSR count). The van der Waals surface area contributed by atoms with E-state index in [-0.39, 0.29) is 0 Å². The first-order chi connectivity index (χ1) is 8.17. The van der Waals surface area contributed by atoms with Crippen LogP contribution in [0.1, 0.15) is 5.69 Å². The molecule has 1 aromatic carbocycles. The number of benzene rings is 1. The summed E-state index contributed by atoms with van der Waals surface area (Å²) < 4.78 is 5.08. The summed E-state index contributed by atoms with van der Waals surface area (Å²) in [7, 11) is 3.47. The third-order valence-corrected chi connectivity index (χ3v) is 3.10. The molecule has 90 valence electrons. The van der Waals surface area contributed by atoms with E-state index in [0.29, 0.717) is 22.2 Å². The average Bonchev–Trinajstić information content (AvgIpc) is 2.33. The molecule has 1 aromatic heterocycles. The van der Waals surface area contributed by atoms with Gasteiger partial charge in [0.1, 0.15) is 0 Å². The normalized spacial score (nSPS) is 10.8. The van der Waals surface area contributed by atoms with Crippen LogP contribution in [0.25, 0.3) is 10.9 Å². The van der Waals surface area contributed by atoms with Crippen molar-refractivity contribution >= 4 is 39.8 Å². The number of nitrogens with one attached hydrogen (secondary N) is 1. The topological polar surface area (TPSA) is 34.1 Å². The summed E-state index contributed by atoms with van der Waals surface area (Å²) in [5.41, 5.74) is 2.40. The number of methoxy groups -OCH3 is 1. The van der Waals surface area contributed by atoms with Crippen molar-refractivity contribution in [1.82, 2.24) is 4.98 Å². The van der Waals surface area contributed by atoms with Gasteiger partial charge >= 0.3 is 0 Å². The molecule has 0 aliphatic carbocycles. The molecule has 0 amide bonds. The van der Waals surface area contributed by atoms with Crippen LogP contribution in [0, 0.1) is 0 Å². The maximum absolute atomic E-state index is 6.17. The first kappa shape index (κ1) is 12.4. The molecule has 0 unspecified atom stereocenters. The first-order valence-corrected chi connectivity index (χ1v) is 5.87. The predicted molar refractivity (Wildman–Crippen MR) is 72.0 cm³/mol. The predicted octanol–water partition coefficient (Wildman–Crippen LogP) is 3.73. The minimum absolute atomic E-state index is 0.438. The number of aromatic nitrogens is 1. The number of rotatable bonds is 3. The Hall–Kier alpha value is -1.03. The van der Waals surface area contributed by atoms with Crippen molar-refractivity contribution in [2.45, 2.75) is 6.61 Å². The summed E-state index contributed by atoms with van der Waals surface area (Å²) in [6.07, 6.45) is 0. The second-order valence-electron chi connectivity index (χ2n) is 3.60. The van der Waals surface area contributed by atoms with Crippen LogP contribution in [-0.2, 0) is 11.3 Å². The van der Waals surface area contributed by atoms with Crippen LogP contribution >= 0.6 is 23.2 Å². The van der Waals surface area contributed by atoms with Crippen molar-refractivity contribution in [2.24, 2.45) is 0 Å². The lowest BCUT2D eigenvalue weighted by molar-refractivity contribution is 0.182. The van der Waals surface area contributed by atoms with Crippen LogP contribution in [0.5, 0.6) is 0 Å². The molecule has 0 aliphatic heterocycles. The van der Waals surface area contributed by atoms with Crippen molar-refractivity contribution < 1.29 is 4.74 Å². The molecular formula is C12H12Cl2N2O.